The molecule has 0 bridgehead atoms. The first-order chi connectivity index (χ1) is 10.6. The number of phenolic OH excluding ortho intramolecular Hbond substituents is 1. The van der Waals surface area contributed by atoms with Crippen molar-refractivity contribution in [2.45, 2.75) is 45.0 Å². The van der Waals surface area contributed by atoms with E-state index in [0.717, 1.165) is 0 Å². The van der Waals surface area contributed by atoms with Crippen LogP contribution >= 0.6 is 0 Å². The van der Waals surface area contributed by atoms with Gasteiger partial charge in [-0.1, -0.05) is 6.07 Å². The SMILES string of the molecule is COc1ccc(C(O)C(O)CCNC(=O)OC(C)(C)C)cc1O. The Morgan fingerprint density at radius 3 is 2.48 bits per heavy atom. The molecule has 130 valence electrons. The van der Waals surface area contributed by atoms with Crippen molar-refractivity contribution in [1.29, 1.82) is 0 Å². The fraction of sp³-hybridized carbons (Fsp3) is 0.562. The third-order valence-electron chi connectivity index (χ3n) is 3.02. The summed E-state index contributed by atoms with van der Waals surface area (Å²) < 4.78 is 9.98. The number of aromatic hydroxyl groups is 1. The van der Waals surface area contributed by atoms with Gasteiger partial charge in [0.2, 0.25) is 0 Å². The number of carbonyl (C=O) groups excluding carboxylic acids is 1. The van der Waals surface area contributed by atoms with E-state index >= 15 is 0 Å². The van der Waals surface area contributed by atoms with E-state index in [9.17, 15) is 20.1 Å². The number of hydrogen-bond donors (Lipinski definition) is 4. The summed E-state index contributed by atoms with van der Waals surface area (Å²) >= 11 is 0. The number of benzene rings is 1. The second-order valence-corrected chi connectivity index (χ2v) is 6.16. The average molecular weight is 327 g/mol. The normalized spacial score (nSPS) is 14.0. The molecule has 0 aliphatic heterocycles. The van der Waals surface area contributed by atoms with Gasteiger partial charge >= 0.3 is 6.09 Å². The van der Waals surface area contributed by atoms with Gasteiger partial charge in [-0.15, -0.1) is 0 Å². The van der Waals surface area contributed by atoms with Gasteiger partial charge in [0.15, 0.2) is 11.5 Å². The van der Waals surface area contributed by atoms with Crippen LogP contribution in [0.2, 0.25) is 0 Å². The summed E-state index contributed by atoms with van der Waals surface area (Å²) in [4.78, 5) is 11.5. The van der Waals surface area contributed by atoms with Gasteiger partial charge in [0.1, 0.15) is 11.7 Å². The zero-order valence-electron chi connectivity index (χ0n) is 13.9. The highest BCUT2D eigenvalue weighted by molar-refractivity contribution is 5.67. The Morgan fingerprint density at radius 2 is 1.96 bits per heavy atom. The highest BCUT2D eigenvalue weighted by Gasteiger charge is 2.21. The van der Waals surface area contributed by atoms with Crippen molar-refractivity contribution < 1.29 is 29.6 Å². The number of ether oxygens (including phenoxy) is 2. The fourth-order valence-electron chi connectivity index (χ4n) is 1.91. The van der Waals surface area contributed by atoms with Crippen LogP contribution in [-0.4, -0.2) is 46.8 Å². The molecular weight excluding hydrogens is 302 g/mol. The maximum absolute atomic E-state index is 11.5. The average Bonchev–Trinajstić information content (AvgIpc) is 2.44. The van der Waals surface area contributed by atoms with Crippen LogP contribution < -0.4 is 10.1 Å². The number of rotatable bonds is 6. The summed E-state index contributed by atoms with van der Waals surface area (Å²) in [6, 6.07) is 4.38. The van der Waals surface area contributed by atoms with Crippen LogP contribution in [0.3, 0.4) is 0 Å². The minimum Gasteiger partial charge on any atom is -0.504 e. The largest absolute Gasteiger partial charge is 0.504 e. The molecule has 1 amide bonds. The number of carbonyl (C=O) groups is 1. The minimum absolute atomic E-state index is 0.122. The van der Waals surface area contributed by atoms with E-state index in [-0.39, 0.29) is 24.5 Å². The van der Waals surface area contributed by atoms with Crippen LogP contribution in [-0.2, 0) is 4.74 Å². The molecule has 0 heterocycles. The van der Waals surface area contributed by atoms with Crippen molar-refractivity contribution in [3.63, 3.8) is 0 Å². The van der Waals surface area contributed by atoms with E-state index in [1.54, 1.807) is 26.8 Å². The monoisotopic (exact) mass is 327 g/mol. The van der Waals surface area contributed by atoms with Crippen LogP contribution in [0.15, 0.2) is 18.2 Å². The molecule has 0 aromatic heterocycles. The molecule has 0 aliphatic rings. The molecule has 1 rings (SSSR count). The van der Waals surface area contributed by atoms with Crippen LogP contribution in [0.25, 0.3) is 0 Å². The lowest BCUT2D eigenvalue weighted by atomic mass is 10.0. The maximum Gasteiger partial charge on any atom is 0.407 e. The van der Waals surface area contributed by atoms with E-state index in [0.29, 0.717) is 5.56 Å². The van der Waals surface area contributed by atoms with Gasteiger partial charge in [-0.2, -0.15) is 0 Å². The van der Waals surface area contributed by atoms with Crippen molar-refractivity contribution in [2.75, 3.05) is 13.7 Å². The Kier molecular flexibility index (Phi) is 6.65. The third kappa shape index (κ3) is 6.33. The molecule has 0 fully saturated rings. The van der Waals surface area contributed by atoms with Gasteiger partial charge in [-0.25, -0.2) is 4.79 Å². The van der Waals surface area contributed by atoms with E-state index in [4.69, 9.17) is 9.47 Å². The van der Waals surface area contributed by atoms with Crippen molar-refractivity contribution in [3.8, 4) is 11.5 Å². The smallest absolute Gasteiger partial charge is 0.407 e. The number of phenols is 1. The van der Waals surface area contributed by atoms with Crippen LogP contribution in [0.5, 0.6) is 11.5 Å². The van der Waals surface area contributed by atoms with Crippen molar-refractivity contribution in [2.24, 2.45) is 0 Å². The van der Waals surface area contributed by atoms with Crippen LogP contribution in [0.4, 0.5) is 4.79 Å². The second-order valence-electron chi connectivity index (χ2n) is 6.16. The predicted molar refractivity (Wildman–Crippen MR) is 84.5 cm³/mol. The number of aliphatic hydroxyl groups excluding tert-OH is 2. The molecule has 0 saturated carbocycles. The Hall–Kier alpha value is -1.99. The van der Waals surface area contributed by atoms with E-state index in [1.807, 2.05) is 0 Å². The minimum atomic E-state index is -1.19. The molecule has 1 aromatic carbocycles. The van der Waals surface area contributed by atoms with E-state index in [2.05, 4.69) is 5.32 Å². The quantitative estimate of drug-likeness (QED) is 0.633. The standard InChI is InChI=1S/C16H25NO6/c1-16(2,3)23-15(21)17-8-7-11(18)14(20)10-5-6-13(22-4)12(19)9-10/h5-6,9,11,14,18-20H,7-8H2,1-4H3,(H,17,21). The van der Waals surface area contributed by atoms with Gasteiger partial charge in [-0.05, 0) is 44.9 Å². The first-order valence-corrected chi connectivity index (χ1v) is 7.34. The zero-order chi connectivity index (χ0) is 17.6. The molecule has 23 heavy (non-hydrogen) atoms. The Bertz CT molecular complexity index is 526. The Balaban J connectivity index is 2.49. The Labute approximate surface area is 135 Å². The molecular formula is C16H25NO6. The van der Waals surface area contributed by atoms with Crippen molar-refractivity contribution in [3.05, 3.63) is 23.8 Å². The molecule has 7 heteroatoms. The lowest BCUT2D eigenvalue weighted by Crippen LogP contribution is -2.34. The first kappa shape index (κ1) is 19.1. The topological polar surface area (TPSA) is 108 Å². The number of methoxy groups -OCH3 is 1. The summed E-state index contributed by atoms with van der Waals surface area (Å²) in [6.45, 7) is 5.40. The summed E-state index contributed by atoms with van der Waals surface area (Å²) in [5, 5.41) is 32.3. The Morgan fingerprint density at radius 1 is 1.30 bits per heavy atom. The van der Waals surface area contributed by atoms with Crippen LogP contribution in [0.1, 0.15) is 38.9 Å². The number of alkyl carbamates (subject to hydrolysis) is 1. The summed E-state index contributed by atoms with van der Waals surface area (Å²) in [5.41, 5.74) is -0.240. The molecule has 0 spiro atoms. The first-order valence-electron chi connectivity index (χ1n) is 7.34. The number of aliphatic hydroxyl groups is 2. The highest BCUT2D eigenvalue weighted by atomic mass is 16.6. The highest BCUT2D eigenvalue weighted by Crippen LogP contribution is 2.30. The summed E-state index contributed by atoms with van der Waals surface area (Å²) in [7, 11) is 1.42. The van der Waals surface area contributed by atoms with Crippen molar-refractivity contribution in [1.82, 2.24) is 5.32 Å². The lowest BCUT2D eigenvalue weighted by molar-refractivity contribution is 0.0122. The maximum atomic E-state index is 11.5. The molecule has 0 radical (unpaired) electrons. The molecule has 0 aliphatic carbocycles. The molecule has 7 nitrogen and oxygen atoms in total. The lowest BCUT2D eigenvalue weighted by Gasteiger charge is -2.21. The second kappa shape index (κ2) is 8.03. The molecule has 2 unspecified atom stereocenters. The van der Waals surface area contributed by atoms with Gasteiger partial charge in [0.05, 0.1) is 13.2 Å². The fourth-order valence-corrected chi connectivity index (χ4v) is 1.91. The van der Waals surface area contributed by atoms with E-state index < -0.39 is 23.9 Å². The van der Waals surface area contributed by atoms with Crippen LogP contribution in [0, 0.1) is 0 Å². The van der Waals surface area contributed by atoms with Gasteiger partial charge < -0.3 is 30.1 Å². The molecule has 4 N–H and O–H groups in total. The van der Waals surface area contributed by atoms with Gasteiger partial charge in [0.25, 0.3) is 0 Å². The van der Waals surface area contributed by atoms with Gasteiger partial charge in [0, 0.05) is 6.54 Å². The zero-order valence-corrected chi connectivity index (χ0v) is 13.9. The van der Waals surface area contributed by atoms with Gasteiger partial charge in [-0.3, -0.25) is 0 Å². The summed E-state index contributed by atoms with van der Waals surface area (Å²) in [5.74, 6) is 0.158. The number of amides is 1. The number of hydrogen-bond acceptors (Lipinski definition) is 6. The predicted octanol–water partition coefficient (Wildman–Crippen LogP) is 1.71. The van der Waals surface area contributed by atoms with E-state index in [1.165, 1.54) is 19.2 Å². The molecule has 2 atom stereocenters. The summed E-state index contributed by atoms with van der Waals surface area (Å²) in [6.07, 6.45) is -2.74. The molecule has 1 aromatic rings. The number of nitrogens with one attached hydrogen (secondary N) is 1. The van der Waals surface area contributed by atoms with Crippen molar-refractivity contribution >= 4 is 6.09 Å². The third-order valence-corrected chi connectivity index (χ3v) is 3.02. The molecule has 0 saturated heterocycles.